The minimum atomic E-state index is -0.237. The molecular formula is C13H9ClN4O. The first kappa shape index (κ1) is 11.7. The molecule has 0 fully saturated rings. The second-order valence-corrected chi connectivity index (χ2v) is 4.26. The lowest BCUT2D eigenvalue weighted by molar-refractivity contribution is 0.783. The number of nitrogens with zero attached hydrogens (tertiary/aromatic N) is 3. The molecule has 0 saturated carbocycles. The molecule has 0 aliphatic heterocycles. The molecule has 2 aromatic heterocycles. The fourth-order valence-corrected chi connectivity index (χ4v) is 2.04. The average Bonchev–Trinajstić information content (AvgIpc) is 2.82. The Labute approximate surface area is 113 Å². The summed E-state index contributed by atoms with van der Waals surface area (Å²) in [6.07, 6.45) is 4.75. The van der Waals surface area contributed by atoms with E-state index in [1.807, 2.05) is 12.1 Å². The highest BCUT2D eigenvalue weighted by molar-refractivity contribution is 6.33. The molecule has 0 atom stereocenters. The van der Waals surface area contributed by atoms with Crippen molar-refractivity contribution in [1.29, 1.82) is 0 Å². The van der Waals surface area contributed by atoms with Crippen molar-refractivity contribution in [2.45, 2.75) is 0 Å². The summed E-state index contributed by atoms with van der Waals surface area (Å²) in [6, 6.07) is 8.87. The van der Waals surface area contributed by atoms with Crippen molar-refractivity contribution >= 4 is 11.6 Å². The Morgan fingerprint density at radius 1 is 1.05 bits per heavy atom. The van der Waals surface area contributed by atoms with Crippen LogP contribution in [0.15, 0.2) is 53.7 Å². The number of aromatic amines is 1. The van der Waals surface area contributed by atoms with Gasteiger partial charge in [0, 0.05) is 29.2 Å². The molecule has 0 amide bonds. The van der Waals surface area contributed by atoms with Crippen LogP contribution in [0.5, 0.6) is 0 Å². The standard InChI is InChI=1S/C13H9ClN4O/c14-11-5-2-1-4-9(11)10-8-17-18(12(10)19)13-15-6-3-7-16-13/h1-8,17H. The predicted molar refractivity (Wildman–Crippen MR) is 72.4 cm³/mol. The highest BCUT2D eigenvalue weighted by Gasteiger charge is 2.13. The van der Waals surface area contributed by atoms with Crippen molar-refractivity contribution < 1.29 is 0 Å². The van der Waals surface area contributed by atoms with E-state index in [1.54, 1.807) is 36.8 Å². The van der Waals surface area contributed by atoms with E-state index in [2.05, 4.69) is 15.1 Å². The maximum atomic E-state index is 12.3. The molecule has 0 radical (unpaired) electrons. The summed E-state index contributed by atoms with van der Waals surface area (Å²) < 4.78 is 1.28. The van der Waals surface area contributed by atoms with Gasteiger partial charge in [-0.1, -0.05) is 29.8 Å². The van der Waals surface area contributed by atoms with Crippen LogP contribution in [0.4, 0.5) is 0 Å². The van der Waals surface area contributed by atoms with Crippen molar-refractivity contribution in [3.63, 3.8) is 0 Å². The quantitative estimate of drug-likeness (QED) is 0.778. The summed E-state index contributed by atoms with van der Waals surface area (Å²) in [5, 5.41) is 3.36. The van der Waals surface area contributed by atoms with Gasteiger partial charge in [0.05, 0.1) is 5.56 Å². The first-order valence-corrected chi connectivity index (χ1v) is 5.98. The molecule has 0 aliphatic rings. The summed E-state index contributed by atoms with van der Waals surface area (Å²) in [4.78, 5) is 20.4. The van der Waals surface area contributed by atoms with E-state index >= 15 is 0 Å². The molecule has 5 nitrogen and oxygen atoms in total. The van der Waals surface area contributed by atoms with Gasteiger partial charge < -0.3 is 0 Å². The molecule has 0 saturated heterocycles. The maximum Gasteiger partial charge on any atom is 0.281 e. The van der Waals surface area contributed by atoms with Gasteiger partial charge in [-0.2, -0.15) is 4.68 Å². The van der Waals surface area contributed by atoms with Crippen molar-refractivity contribution in [3.05, 3.63) is 64.3 Å². The fourth-order valence-electron chi connectivity index (χ4n) is 1.80. The lowest BCUT2D eigenvalue weighted by Gasteiger charge is -1.99. The number of halogens is 1. The highest BCUT2D eigenvalue weighted by Crippen LogP contribution is 2.24. The summed E-state index contributed by atoms with van der Waals surface area (Å²) in [5.41, 5.74) is 0.928. The van der Waals surface area contributed by atoms with Crippen LogP contribution in [-0.4, -0.2) is 19.7 Å². The fraction of sp³-hybridized carbons (Fsp3) is 0. The Morgan fingerprint density at radius 2 is 1.79 bits per heavy atom. The van der Waals surface area contributed by atoms with Crippen LogP contribution in [0.25, 0.3) is 17.1 Å². The smallest absolute Gasteiger partial charge is 0.281 e. The van der Waals surface area contributed by atoms with Crippen LogP contribution < -0.4 is 5.56 Å². The molecule has 1 N–H and O–H groups in total. The van der Waals surface area contributed by atoms with E-state index < -0.39 is 0 Å². The molecule has 0 spiro atoms. The van der Waals surface area contributed by atoms with Gasteiger partial charge in [-0.05, 0) is 12.1 Å². The largest absolute Gasteiger partial charge is 0.295 e. The summed E-state index contributed by atoms with van der Waals surface area (Å²) in [5.74, 6) is 0.297. The maximum absolute atomic E-state index is 12.3. The number of benzene rings is 1. The molecule has 2 heterocycles. The normalized spacial score (nSPS) is 10.6. The van der Waals surface area contributed by atoms with Gasteiger partial charge in [0.1, 0.15) is 0 Å². The molecule has 0 aliphatic carbocycles. The van der Waals surface area contributed by atoms with Crippen LogP contribution in [0.2, 0.25) is 5.02 Å². The first-order chi connectivity index (χ1) is 9.27. The third kappa shape index (κ3) is 2.04. The number of hydrogen-bond donors (Lipinski definition) is 1. The van der Waals surface area contributed by atoms with Crippen molar-refractivity contribution in [2.24, 2.45) is 0 Å². The first-order valence-electron chi connectivity index (χ1n) is 5.60. The van der Waals surface area contributed by atoms with Gasteiger partial charge in [-0.25, -0.2) is 9.97 Å². The van der Waals surface area contributed by atoms with Gasteiger partial charge in [-0.3, -0.25) is 9.89 Å². The van der Waals surface area contributed by atoms with Crippen LogP contribution in [0.1, 0.15) is 0 Å². The predicted octanol–water partition coefficient (Wildman–Crippen LogP) is 2.28. The zero-order chi connectivity index (χ0) is 13.2. The third-order valence-electron chi connectivity index (χ3n) is 2.69. The Morgan fingerprint density at radius 3 is 2.53 bits per heavy atom. The zero-order valence-corrected chi connectivity index (χ0v) is 10.5. The number of H-pyrrole nitrogens is 1. The third-order valence-corrected chi connectivity index (χ3v) is 3.02. The topological polar surface area (TPSA) is 63.6 Å². The molecule has 6 heteroatoms. The Kier molecular flexibility index (Phi) is 2.89. The van der Waals surface area contributed by atoms with Crippen LogP contribution in [-0.2, 0) is 0 Å². The van der Waals surface area contributed by atoms with E-state index in [0.717, 1.165) is 0 Å². The van der Waals surface area contributed by atoms with Crippen molar-refractivity contribution in [2.75, 3.05) is 0 Å². The van der Waals surface area contributed by atoms with Crippen LogP contribution in [0.3, 0.4) is 0 Å². The van der Waals surface area contributed by atoms with Crippen molar-refractivity contribution in [3.8, 4) is 17.1 Å². The van der Waals surface area contributed by atoms with Crippen LogP contribution in [0, 0.1) is 0 Å². The van der Waals surface area contributed by atoms with Gasteiger partial charge in [-0.15, -0.1) is 0 Å². The van der Waals surface area contributed by atoms with Gasteiger partial charge >= 0.3 is 0 Å². The molecule has 3 rings (SSSR count). The van der Waals surface area contributed by atoms with E-state index in [-0.39, 0.29) is 5.56 Å². The Bertz CT molecular complexity index is 764. The average molecular weight is 273 g/mol. The van der Waals surface area contributed by atoms with E-state index in [1.165, 1.54) is 4.68 Å². The number of rotatable bonds is 2. The zero-order valence-electron chi connectivity index (χ0n) is 9.75. The van der Waals surface area contributed by atoms with E-state index in [0.29, 0.717) is 22.1 Å². The van der Waals surface area contributed by atoms with Gasteiger partial charge in [0.25, 0.3) is 11.5 Å². The number of aromatic nitrogens is 4. The second-order valence-electron chi connectivity index (χ2n) is 3.86. The molecule has 0 unspecified atom stereocenters. The lowest BCUT2D eigenvalue weighted by Crippen LogP contribution is -2.18. The SMILES string of the molecule is O=c1c(-c2ccccc2Cl)c[nH]n1-c1ncccn1. The molecule has 19 heavy (non-hydrogen) atoms. The number of hydrogen-bond acceptors (Lipinski definition) is 3. The van der Waals surface area contributed by atoms with Crippen molar-refractivity contribution in [1.82, 2.24) is 19.7 Å². The molecule has 1 aromatic carbocycles. The highest BCUT2D eigenvalue weighted by atomic mass is 35.5. The molecular weight excluding hydrogens is 264 g/mol. The molecule has 94 valence electrons. The van der Waals surface area contributed by atoms with E-state index in [9.17, 15) is 4.79 Å². The summed E-state index contributed by atoms with van der Waals surface area (Å²) in [6.45, 7) is 0. The minimum Gasteiger partial charge on any atom is -0.295 e. The Hall–Kier alpha value is -2.40. The second kappa shape index (κ2) is 4.70. The monoisotopic (exact) mass is 272 g/mol. The van der Waals surface area contributed by atoms with Gasteiger partial charge in [0.15, 0.2) is 0 Å². The summed E-state index contributed by atoms with van der Waals surface area (Å²) in [7, 11) is 0. The molecule has 0 bridgehead atoms. The Balaban J connectivity index is 2.15. The molecule has 3 aromatic rings. The lowest BCUT2D eigenvalue weighted by atomic mass is 10.1. The van der Waals surface area contributed by atoms with Crippen LogP contribution >= 0.6 is 11.6 Å². The van der Waals surface area contributed by atoms with E-state index in [4.69, 9.17) is 11.6 Å². The summed E-state index contributed by atoms with van der Waals surface area (Å²) >= 11 is 6.09. The van der Waals surface area contributed by atoms with Gasteiger partial charge in [0.2, 0.25) is 0 Å². The minimum absolute atomic E-state index is 0.237. The number of nitrogens with one attached hydrogen (secondary N) is 1.